The average Bonchev–Trinajstić information content (AvgIpc) is 2.88. The van der Waals surface area contributed by atoms with E-state index in [2.05, 4.69) is 5.32 Å². The number of carbonyl (C=O) groups is 2. The maximum atomic E-state index is 12.1. The number of urea groups is 1. The number of rotatable bonds is 3. The van der Waals surface area contributed by atoms with Gasteiger partial charge in [-0.05, 0) is 37.5 Å². The van der Waals surface area contributed by atoms with E-state index in [0.29, 0.717) is 31.3 Å². The van der Waals surface area contributed by atoms with Gasteiger partial charge in [-0.15, -0.1) is 0 Å². The molecular weight excluding hydrogens is 244 g/mol. The molecule has 1 saturated heterocycles. The van der Waals surface area contributed by atoms with E-state index in [4.69, 9.17) is 0 Å². The van der Waals surface area contributed by atoms with E-state index in [1.807, 2.05) is 6.92 Å². The lowest BCUT2D eigenvalue weighted by molar-refractivity contribution is -0.143. The van der Waals surface area contributed by atoms with Gasteiger partial charge in [0.25, 0.3) is 0 Å². The van der Waals surface area contributed by atoms with Crippen LogP contribution < -0.4 is 5.32 Å². The number of likely N-dealkylation sites (tertiary alicyclic amines) is 1. The third kappa shape index (κ3) is 3.61. The SMILES string of the molecule is CC1CCN(C(=O)NCC2CCCC2)C(C(=O)O)C1. The van der Waals surface area contributed by atoms with Crippen molar-refractivity contribution >= 4 is 12.0 Å². The zero-order valence-corrected chi connectivity index (χ0v) is 11.6. The fourth-order valence-electron chi connectivity index (χ4n) is 3.17. The first kappa shape index (κ1) is 14.2. The molecule has 0 bridgehead atoms. The van der Waals surface area contributed by atoms with Gasteiger partial charge in [-0.3, -0.25) is 0 Å². The van der Waals surface area contributed by atoms with E-state index >= 15 is 0 Å². The van der Waals surface area contributed by atoms with Crippen molar-refractivity contribution < 1.29 is 14.7 Å². The molecule has 0 aromatic carbocycles. The summed E-state index contributed by atoms with van der Waals surface area (Å²) in [5.41, 5.74) is 0. The van der Waals surface area contributed by atoms with Gasteiger partial charge in [-0.25, -0.2) is 9.59 Å². The molecule has 2 aliphatic rings. The van der Waals surface area contributed by atoms with Crippen molar-refractivity contribution in [2.75, 3.05) is 13.1 Å². The Balaban J connectivity index is 1.86. The van der Waals surface area contributed by atoms with Crippen LogP contribution in [0.15, 0.2) is 0 Å². The number of carbonyl (C=O) groups excluding carboxylic acids is 1. The Morgan fingerprint density at radius 2 is 1.95 bits per heavy atom. The summed E-state index contributed by atoms with van der Waals surface area (Å²) in [4.78, 5) is 24.9. The number of piperidine rings is 1. The Hall–Kier alpha value is -1.26. The molecule has 2 rings (SSSR count). The van der Waals surface area contributed by atoms with Gasteiger partial charge >= 0.3 is 12.0 Å². The predicted octanol–water partition coefficient (Wildman–Crippen LogP) is 2.07. The monoisotopic (exact) mass is 268 g/mol. The van der Waals surface area contributed by atoms with Gasteiger partial charge in [0.1, 0.15) is 6.04 Å². The second kappa shape index (κ2) is 6.26. The summed E-state index contributed by atoms with van der Waals surface area (Å²) >= 11 is 0. The van der Waals surface area contributed by atoms with Crippen LogP contribution in [0.5, 0.6) is 0 Å². The van der Waals surface area contributed by atoms with E-state index in [1.165, 1.54) is 30.6 Å². The van der Waals surface area contributed by atoms with Crippen molar-refractivity contribution in [3.05, 3.63) is 0 Å². The molecular formula is C14H24N2O3. The first-order chi connectivity index (χ1) is 9.08. The normalized spacial score (nSPS) is 28.4. The van der Waals surface area contributed by atoms with Crippen LogP contribution >= 0.6 is 0 Å². The highest BCUT2D eigenvalue weighted by Gasteiger charge is 2.34. The number of hydrogen-bond donors (Lipinski definition) is 2. The van der Waals surface area contributed by atoms with Crippen LogP contribution in [-0.2, 0) is 4.79 Å². The molecule has 2 fully saturated rings. The molecule has 108 valence electrons. The molecule has 1 aliphatic carbocycles. The zero-order chi connectivity index (χ0) is 13.8. The number of carboxylic acid groups (broad SMARTS) is 1. The minimum absolute atomic E-state index is 0.203. The Bertz CT molecular complexity index is 340. The van der Waals surface area contributed by atoms with Gasteiger partial charge in [-0.1, -0.05) is 19.8 Å². The minimum atomic E-state index is -0.887. The lowest BCUT2D eigenvalue weighted by Gasteiger charge is -2.36. The van der Waals surface area contributed by atoms with Gasteiger partial charge in [0.15, 0.2) is 0 Å². The topological polar surface area (TPSA) is 69.6 Å². The second-order valence-electron chi connectivity index (χ2n) is 6.01. The highest BCUT2D eigenvalue weighted by molar-refractivity contribution is 5.82. The molecule has 2 atom stereocenters. The molecule has 0 aromatic heterocycles. The second-order valence-corrected chi connectivity index (χ2v) is 6.01. The fourth-order valence-corrected chi connectivity index (χ4v) is 3.17. The van der Waals surface area contributed by atoms with Gasteiger partial charge in [0.2, 0.25) is 0 Å². The van der Waals surface area contributed by atoms with Crippen LogP contribution in [0.2, 0.25) is 0 Å². The Morgan fingerprint density at radius 3 is 2.58 bits per heavy atom. The number of carboxylic acids is 1. The molecule has 5 heteroatoms. The number of hydrogen-bond acceptors (Lipinski definition) is 2. The molecule has 2 unspecified atom stereocenters. The van der Waals surface area contributed by atoms with Crippen molar-refractivity contribution in [2.45, 2.75) is 51.5 Å². The van der Waals surface area contributed by atoms with Crippen LogP contribution in [-0.4, -0.2) is 41.1 Å². The lowest BCUT2D eigenvalue weighted by atomic mass is 9.93. The molecule has 19 heavy (non-hydrogen) atoms. The smallest absolute Gasteiger partial charge is 0.326 e. The Morgan fingerprint density at radius 1 is 1.26 bits per heavy atom. The number of aliphatic carboxylic acids is 1. The van der Waals surface area contributed by atoms with Gasteiger partial charge in [0.05, 0.1) is 0 Å². The first-order valence-electron chi connectivity index (χ1n) is 7.35. The van der Waals surface area contributed by atoms with E-state index in [1.54, 1.807) is 0 Å². The standard InChI is InChI=1S/C14H24N2O3/c1-10-6-7-16(12(8-10)13(17)18)14(19)15-9-11-4-2-3-5-11/h10-12H,2-9H2,1H3,(H,15,19)(H,17,18). The molecule has 1 saturated carbocycles. The highest BCUT2D eigenvalue weighted by Crippen LogP contribution is 2.25. The third-order valence-electron chi connectivity index (χ3n) is 4.43. The number of amides is 2. The van der Waals surface area contributed by atoms with Crippen molar-refractivity contribution in [2.24, 2.45) is 11.8 Å². The van der Waals surface area contributed by atoms with Crippen LogP contribution in [0.3, 0.4) is 0 Å². The van der Waals surface area contributed by atoms with Crippen LogP contribution in [0.1, 0.15) is 45.4 Å². The van der Waals surface area contributed by atoms with E-state index in [-0.39, 0.29) is 6.03 Å². The summed E-state index contributed by atoms with van der Waals surface area (Å²) in [7, 11) is 0. The largest absolute Gasteiger partial charge is 0.480 e. The van der Waals surface area contributed by atoms with Gasteiger partial charge in [-0.2, -0.15) is 0 Å². The van der Waals surface area contributed by atoms with Crippen molar-refractivity contribution in [1.82, 2.24) is 10.2 Å². The maximum absolute atomic E-state index is 12.1. The molecule has 0 radical (unpaired) electrons. The first-order valence-corrected chi connectivity index (χ1v) is 7.35. The molecule has 0 aromatic rings. The highest BCUT2D eigenvalue weighted by atomic mass is 16.4. The molecule has 2 amide bonds. The van der Waals surface area contributed by atoms with Crippen LogP contribution in [0.4, 0.5) is 4.79 Å². The van der Waals surface area contributed by atoms with Crippen LogP contribution in [0.25, 0.3) is 0 Å². The van der Waals surface area contributed by atoms with E-state index in [0.717, 1.165) is 6.42 Å². The van der Waals surface area contributed by atoms with Crippen molar-refractivity contribution in [3.8, 4) is 0 Å². The van der Waals surface area contributed by atoms with Gasteiger partial charge < -0.3 is 15.3 Å². The molecule has 5 nitrogen and oxygen atoms in total. The summed E-state index contributed by atoms with van der Waals surface area (Å²) in [6.45, 7) is 3.29. The summed E-state index contributed by atoms with van der Waals surface area (Å²) in [5, 5.41) is 12.2. The number of nitrogens with zero attached hydrogens (tertiary/aromatic N) is 1. The third-order valence-corrected chi connectivity index (χ3v) is 4.43. The summed E-state index contributed by atoms with van der Waals surface area (Å²) < 4.78 is 0. The summed E-state index contributed by atoms with van der Waals surface area (Å²) in [6.07, 6.45) is 6.31. The van der Waals surface area contributed by atoms with E-state index < -0.39 is 12.0 Å². The minimum Gasteiger partial charge on any atom is -0.480 e. The quantitative estimate of drug-likeness (QED) is 0.823. The molecule has 2 N–H and O–H groups in total. The van der Waals surface area contributed by atoms with Crippen molar-refractivity contribution in [3.63, 3.8) is 0 Å². The number of nitrogens with one attached hydrogen (secondary N) is 1. The van der Waals surface area contributed by atoms with Crippen molar-refractivity contribution in [1.29, 1.82) is 0 Å². The zero-order valence-electron chi connectivity index (χ0n) is 11.6. The summed E-state index contributed by atoms with van der Waals surface area (Å²) in [5.74, 6) is 0.0680. The average molecular weight is 268 g/mol. The molecule has 1 heterocycles. The fraction of sp³-hybridized carbons (Fsp3) is 0.857. The van der Waals surface area contributed by atoms with Gasteiger partial charge in [0, 0.05) is 13.1 Å². The maximum Gasteiger partial charge on any atom is 0.326 e. The van der Waals surface area contributed by atoms with E-state index in [9.17, 15) is 14.7 Å². The lowest BCUT2D eigenvalue weighted by Crippen LogP contribution is -2.53. The Kier molecular flexibility index (Phi) is 4.66. The summed E-state index contributed by atoms with van der Waals surface area (Å²) in [6, 6.07) is -0.862. The molecule has 0 spiro atoms. The van der Waals surface area contributed by atoms with Crippen LogP contribution in [0, 0.1) is 11.8 Å². The molecule has 1 aliphatic heterocycles. The Labute approximate surface area is 114 Å². The predicted molar refractivity (Wildman–Crippen MR) is 71.9 cm³/mol.